The van der Waals surface area contributed by atoms with Crippen molar-refractivity contribution in [1.82, 2.24) is 4.98 Å². The van der Waals surface area contributed by atoms with E-state index in [4.69, 9.17) is 9.47 Å². The normalized spacial score (nSPS) is 21.8. The van der Waals surface area contributed by atoms with Crippen LogP contribution in [0.3, 0.4) is 0 Å². The van der Waals surface area contributed by atoms with Gasteiger partial charge in [-0.3, -0.25) is 0 Å². The average molecular weight is 244 g/mol. The minimum Gasteiger partial charge on any atom is -0.486 e. The zero-order valence-corrected chi connectivity index (χ0v) is 8.66. The van der Waals surface area contributed by atoms with Crippen LogP contribution in [0.1, 0.15) is 6.42 Å². The van der Waals surface area contributed by atoms with Gasteiger partial charge >= 0.3 is 0 Å². The van der Waals surface area contributed by atoms with E-state index in [2.05, 4.69) is 20.9 Å². The van der Waals surface area contributed by atoms with E-state index >= 15 is 0 Å². The molecule has 4 heteroatoms. The van der Waals surface area contributed by atoms with E-state index in [0.29, 0.717) is 6.61 Å². The highest BCUT2D eigenvalue weighted by molar-refractivity contribution is 9.10. The highest BCUT2D eigenvalue weighted by Gasteiger charge is 2.16. The maximum Gasteiger partial charge on any atom is 0.138 e. The Labute approximate surface area is 85.2 Å². The molecule has 2 heterocycles. The maximum absolute atomic E-state index is 5.62. The number of rotatable bonds is 2. The molecular formula is C9H10BrNO2. The highest BCUT2D eigenvalue weighted by Crippen LogP contribution is 2.17. The fraction of sp³-hybridized carbons (Fsp3) is 0.444. The Bertz CT molecular complexity index is 269. The Hall–Kier alpha value is -0.610. The molecule has 1 aliphatic heterocycles. The van der Waals surface area contributed by atoms with E-state index in [1.165, 1.54) is 0 Å². The van der Waals surface area contributed by atoms with E-state index in [0.717, 1.165) is 23.4 Å². The smallest absolute Gasteiger partial charge is 0.138 e. The minimum atomic E-state index is 0.197. The van der Waals surface area contributed by atoms with Gasteiger partial charge in [-0.05, 0) is 28.1 Å². The third-order valence-corrected chi connectivity index (χ3v) is 2.36. The van der Waals surface area contributed by atoms with Crippen LogP contribution in [0.25, 0.3) is 0 Å². The van der Waals surface area contributed by atoms with Crippen molar-refractivity contribution < 1.29 is 9.47 Å². The predicted octanol–water partition coefficient (Wildman–Crippen LogP) is 2.01. The lowest BCUT2D eigenvalue weighted by atomic mass is 10.3. The van der Waals surface area contributed by atoms with Gasteiger partial charge in [0.15, 0.2) is 0 Å². The van der Waals surface area contributed by atoms with Crippen molar-refractivity contribution in [2.24, 2.45) is 0 Å². The third-order valence-electron chi connectivity index (χ3n) is 1.89. The molecule has 0 unspecified atom stereocenters. The van der Waals surface area contributed by atoms with Crippen LogP contribution in [0.5, 0.6) is 5.75 Å². The molecule has 0 aromatic carbocycles. The molecule has 1 atom stereocenters. The SMILES string of the molecule is Brc1ccc(O[C@@H]2CCOC2)cn1. The van der Waals surface area contributed by atoms with Crippen molar-refractivity contribution in [2.45, 2.75) is 12.5 Å². The quantitative estimate of drug-likeness (QED) is 0.745. The van der Waals surface area contributed by atoms with Crippen molar-refractivity contribution in [1.29, 1.82) is 0 Å². The van der Waals surface area contributed by atoms with E-state index in [-0.39, 0.29) is 6.10 Å². The van der Waals surface area contributed by atoms with Crippen LogP contribution in [-0.4, -0.2) is 24.3 Å². The molecule has 0 N–H and O–H groups in total. The van der Waals surface area contributed by atoms with Crippen LogP contribution < -0.4 is 4.74 Å². The number of hydrogen-bond acceptors (Lipinski definition) is 3. The highest BCUT2D eigenvalue weighted by atomic mass is 79.9. The molecule has 1 saturated heterocycles. The summed E-state index contributed by atoms with van der Waals surface area (Å²) in [5, 5.41) is 0. The number of ether oxygens (including phenoxy) is 2. The van der Waals surface area contributed by atoms with Crippen LogP contribution in [0.2, 0.25) is 0 Å². The van der Waals surface area contributed by atoms with Crippen LogP contribution in [-0.2, 0) is 4.74 Å². The Balaban J connectivity index is 1.97. The number of halogens is 1. The van der Waals surface area contributed by atoms with Crippen LogP contribution >= 0.6 is 15.9 Å². The molecule has 0 spiro atoms. The van der Waals surface area contributed by atoms with Gasteiger partial charge in [-0.1, -0.05) is 0 Å². The van der Waals surface area contributed by atoms with Crippen LogP contribution in [0.4, 0.5) is 0 Å². The molecule has 0 aliphatic carbocycles. The third kappa shape index (κ3) is 2.42. The Morgan fingerprint density at radius 1 is 1.54 bits per heavy atom. The fourth-order valence-electron chi connectivity index (χ4n) is 1.23. The van der Waals surface area contributed by atoms with Gasteiger partial charge < -0.3 is 9.47 Å². The summed E-state index contributed by atoms with van der Waals surface area (Å²) in [7, 11) is 0. The van der Waals surface area contributed by atoms with Crippen molar-refractivity contribution in [3.8, 4) is 5.75 Å². The number of pyridine rings is 1. The summed E-state index contributed by atoms with van der Waals surface area (Å²) in [6, 6.07) is 3.76. The van der Waals surface area contributed by atoms with Crippen molar-refractivity contribution in [3.05, 3.63) is 22.9 Å². The molecule has 0 saturated carbocycles. The largest absolute Gasteiger partial charge is 0.486 e. The van der Waals surface area contributed by atoms with Crippen molar-refractivity contribution >= 4 is 15.9 Å². The predicted molar refractivity (Wildman–Crippen MR) is 51.8 cm³/mol. The zero-order valence-electron chi connectivity index (χ0n) is 7.07. The topological polar surface area (TPSA) is 31.4 Å². The summed E-state index contributed by atoms with van der Waals surface area (Å²) in [5.41, 5.74) is 0. The maximum atomic E-state index is 5.62. The monoisotopic (exact) mass is 243 g/mol. The van der Waals surface area contributed by atoms with E-state index < -0.39 is 0 Å². The Morgan fingerprint density at radius 2 is 2.46 bits per heavy atom. The van der Waals surface area contributed by atoms with Gasteiger partial charge in [0.25, 0.3) is 0 Å². The first kappa shape index (κ1) is 8.97. The molecule has 13 heavy (non-hydrogen) atoms. The number of aromatic nitrogens is 1. The molecular weight excluding hydrogens is 234 g/mol. The minimum absolute atomic E-state index is 0.197. The van der Waals surface area contributed by atoms with E-state index in [1.807, 2.05) is 12.1 Å². The van der Waals surface area contributed by atoms with E-state index in [1.54, 1.807) is 6.20 Å². The van der Waals surface area contributed by atoms with Crippen LogP contribution in [0.15, 0.2) is 22.9 Å². The molecule has 1 aromatic heterocycles. The lowest BCUT2D eigenvalue weighted by Crippen LogP contribution is -2.15. The summed E-state index contributed by atoms with van der Waals surface area (Å²) < 4.78 is 11.6. The molecule has 1 aliphatic rings. The molecule has 1 fully saturated rings. The first-order valence-corrected chi connectivity index (χ1v) is 5.00. The van der Waals surface area contributed by atoms with Gasteiger partial charge in [-0.2, -0.15) is 0 Å². The lowest BCUT2D eigenvalue weighted by Gasteiger charge is -2.10. The standard InChI is InChI=1S/C9H10BrNO2/c10-9-2-1-7(5-11-9)13-8-3-4-12-6-8/h1-2,5,8H,3-4,6H2/t8-/m1/s1. The van der Waals surface area contributed by atoms with Gasteiger partial charge in [0.1, 0.15) is 16.5 Å². The molecule has 0 amide bonds. The second kappa shape index (κ2) is 4.07. The zero-order chi connectivity index (χ0) is 9.10. The summed E-state index contributed by atoms with van der Waals surface area (Å²) in [5.74, 6) is 0.804. The fourth-order valence-corrected chi connectivity index (χ4v) is 1.46. The van der Waals surface area contributed by atoms with Gasteiger partial charge in [0, 0.05) is 6.42 Å². The molecule has 70 valence electrons. The summed E-state index contributed by atoms with van der Waals surface area (Å²) >= 11 is 3.27. The summed E-state index contributed by atoms with van der Waals surface area (Å²) in [6.45, 7) is 1.49. The second-order valence-corrected chi connectivity index (χ2v) is 3.73. The number of nitrogens with zero attached hydrogens (tertiary/aromatic N) is 1. The first-order chi connectivity index (χ1) is 6.34. The molecule has 0 radical (unpaired) electrons. The molecule has 2 rings (SSSR count). The van der Waals surface area contributed by atoms with Gasteiger partial charge in [0.2, 0.25) is 0 Å². The van der Waals surface area contributed by atoms with Crippen molar-refractivity contribution in [2.75, 3.05) is 13.2 Å². The lowest BCUT2D eigenvalue weighted by molar-refractivity contribution is 0.141. The Morgan fingerprint density at radius 3 is 3.08 bits per heavy atom. The molecule has 0 bridgehead atoms. The van der Waals surface area contributed by atoms with Crippen LogP contribution in [0, 0.1) is 0 Å². The first-order valence-electron chi connectivity index (χ1n) is 4.20. The van der Waals surface area contributed by atoms with Gasteiger partial charge in [-0.15, -0.1) is 0 Å². The van der Waals surface area contributed by atoms with Gasteiger partial charge in [0.05, 0.1) is 19.4 Å². The van der Waals surface area contributed by atoms with Crippen molar-refractivity contribution in [3.63, 3.8) is 0 Å². The van der Waals surface area contributed by atoms with E-state index in [9.17, 15) is 0 Å². The average Bonchev–Trinajstić information content (AvgIpc) is 2.62. The second-order valence-electron chi connectivity index (χ2n) is 2.92. The Kier molecular flexibility index (Phi) is 2.80. The van der Waals surface area contributed by atoms with Gasteiger partial charge in [-0.25, -0.2) is 4.98 Å². The molecule has 3 nitrogen and oxygen atoms in total. The number of hydrogen-bond donors (Lipinski definition) is 0. The summed E-state index contributed by atoms with van der Waals surface area (Å²) in [4.78, 5) is 4.07. The summed E-state index contributed by atoms with van der Waals surface area (Å²) in [6.07, 6.45) is 2.88. The molecule has 1 aromatic rings.